The summed E-state index contributed by atoms with van der Waals surface area (Å²) in [6.07, 6.45) is 2.28. The van der Waals surface area contributed by atoms with E-state index in [1.165, 1.54) is 12.0 Å². The molecule has 0 aliphatic rings. The number of rotatable bonds is 8. The quantitative estimate of drug-likeness (QED) is 0.691. The van der Waals surface area contributed by atoms with Crippen molar-refractivity contribution in [1.82, 2.24) is 5.32 Å². The number of furan rings is 1. The molecule has 0 saturated carbocycles. The van der Waals surface area contributed by atoms with Crippen molar-refractivity contribution >= 4 is 0 Å². The van der Waals surface area contributed by atoms with Crippen molar-refractivity contribution in [2.75, 3.05) is 13.2 Å². The Morgan fingerprint density at radius 1 is 1.38 bits per heavy atom. The second-order valence-electron chi connectivity index (χ2n) is 4.01. The lowest BCUT2D eigenvalue weighted by Gasteiger charge is -2.01. The van der Waals surface area contributed by atoms with Crippen LogP contribution in [0.15, 0.2) is 10.5 Å². The van der Waals surface area contributed by atoms with E-state index in [1.807, 2.05) is 0 Å². The molecule has 1 heterocycles. The minimum atomic E-state index is 0.590. The van der Waals surface area contributed by atoms with E-state index in [-0.39, 0.29) is 0 Å². The van der Waals surface area contributed by atoms with Gasteiger partial charge in [0.25, 0.3) is 0 Å². The van der Waals surface area contributed by atoms with Crippen LogP contribution in [0.25, 0.3) is 0 Å². The van der Waals surface area contributed by atoms with Crippen molar-refractivity contribution in [3.63, 3.8) is 0 Å². The van der Waals surface area contributed by atoms with Gasteiger partial charge in [-0.05, 0) is 31.5 Å². The van der Waals surface area contributed by atoms with E-state index in [9.17, 15) is 0 Å². The Labute approximate surface area is 98.2 Å². The zero-order chi connectivity index (χ0) is 11.8. The summed E-state index contributed by atoms with van der Waals surface area (Å²) < 4.78 is 11.2. The van der Waals surface area contributed by atoms with Gasteiger partial charge in [0, 0.05) is 6.61 Å². The van der Waals surface area contributed by atoms with Gasteiger partial charge in [-0.3, -0.25) is 0 Å². The monoisotopic (exact) mass is 225 g/mol. The molecule has 0 saturated heterocycles. The van der Waals surface area contributed by atoms with Gasteiger partial charge >= 0.3 is 0 Å². The molecule has 1 N–H and O–H groups in total. The van der Waals surface area contributed by atoms with Gasteiger partial charge in [-0.2, -0.15) is 0 Å². The van der Waals surface area contributed by atoms with Gasteiger partial charge in [-0.25, -0.2) is 0 Å². The summed E-state index contributed by atoms with van der Waals surface area (Å²) in [5.41, 5.74) is 1.20. The number of aryl methyl sites for hydroxylation is 1. The molecule has 0 bridgehead atoms. The lowest BCUT2D eigenvalue weighted by Crippen LogP contribution is -2.11. The van der Waals surface area contributed by atoms with E-state index in [2.05, 4.69) is 32.2 Å². The van der Waals surface area contributed by atoms with Crippen LogP contribution in [0.3, 0.4) is 0 Å². The fourth-order valence-corrected chi connectivity index (χ4v) is 1.49. The molecule has 3 nitrogen and oxygen atoms in total. The van der Waals surface area contributed by atoms with Crippen LogP contribution in [-0.2, 0) is 17.9 Å². The highest BCUT2D eigenvalue weighted by Gasteiger charge is 2.06. The summed E-state index contributed by atoms with van der Waals surface area (Å²) in [4.78, 5) is 0. The Balaban J connectivity index is 2.36. The largest absolute Gasteiger partial charge is 0.462 e. The van der Waals surface area contributed by atoms with Gasteiger partial charge in [0.15, 0.2) is 0 Å². The summed E-state index contributed by atoms with van der Waals surface area (Å²) >= 11 is 0. The van der Waals surface area contributed by atoms with Gasteiger partial charge in [0.05, 0.1) is 6.54 Å². The van der Waals surface area contributed by atoms with E-state index in [4.69, 9.17) is 9.15 Å². The highest BCUT2D eigenvalue weighted by molar-refractivity contribution is 5.19. The highest BCUT2D eigenvalue weighted by atomic mass is 16.5. The second-order valence-corrected chi connectivity index (χ2v) is 4.01. The Bertz CT molecular complexity index is 294. The highest BCUT2D eigenvalue weighted by Crippen LogP contribution is 2.15. The lowest BCUT2D eigenvalue weighted by atomic mass is 10.2. The van der Waals surface area contributed by atoms with Crippen molar-refractivity contribution in [3.8, 4) is 0 Å². The third-order valence-electron chi connectivity index (χ3n) is 2.49. The van der Waals surface area contributed by atoms with E-state index in [1.54, 1.807) is 0 Å². The van der Waals surface area contributed by atoms with Crippen LogP contribution in [0.4, 0.5) is 0 Å². The third-order valence-corrected chi connectivity index (χ3v) is 2.49. The van der Waals surface area contributed by atoms with Gasteiger partial charge in [0.2, 0.25) is 0 Å². The van der Waals surface area contributed by atoms with Gasteiger partial charge in [-0.15, -0.1) is 0 Å². The van der Waals surface area contributed by atoms with Crippen molar-refractivity contribution in [2.45, 2.75) is 46.8 Å². The fraction of sp³-hybridized carbons (Fsp3) is 0.692. The first kappa shape index (κ1) is 13.3. The molecule has 0 aliphatic heterocycles. The molecule has 0 unspecified atom stereocenters. The molecule has 0 aliphatic carbocycles. The van der Waals surface area contributed by atoms with E-state index in [0.29, 0.717) is 6.61 Å². The summed E-state index contributed by atoms with van der Waals surface area (Å²) in [7, 11) is 0. The maximum absolute atomic E-state index is 5.71. The summed E-state index contributed by atoms with van der Waals surface area (Å²) in [6.45, 7) is 9.50. The zero-order valence-corrected chi connectivity index (χ0v) is 10.6. The van der Waals surface area contributed by atoms with Crippen LogP contribution in [0, 0.1) is 6.92 Å². The van der Waals surface area contributed by atoms with E-state index < -0.39 is 0 Å². The topological polar surface area (TPSA) is 34.4 Å². The van der Waals surface area contributed by atoms with Crippen LogP contribution < -0.4 is 5.32 Å². The van der Waals surface area contributed by atoms with Crippen LogP contribution in [0.2, 0.25) is 0 Å². The third kappa shape index (κ3) is 4.37. The maximum Gasteiger partial charge on any atom is 0.130 e. The van der Waals surface area contributed by atoms with Crippen LogP contribution >= 0.6 is 0 Å². The number of hydrogen-bond acceptors (Lipinski definition) is 3. The maximum atomic E-state index is 5.71. The minimum absolute atomic E-state index is 0.590. The predicted molar refractivity (Wildman–Crippen MR) is 65.4 cm³/mol. The second kappa shape index (κ2) is 7.47. The Morgan fingerprint density at radius 3 is 2.88 bits per heavy atom. The SMILES string of the molecule is CCCCOCc1cc(C)c(CNCC)o1. The van der Waals surface area contributed by atoms with Gasteiger partial charge < -0.3 is 14.5 Å². The average molecular weight is 225 g/mol. The van der Waals surface area contributed by atoms with Crippen LogP contribution in [-0.4, -0.2) is 13.2 Å². The molecule has 16 heavy (non-hydrogen) atoms. The lowest BCUT2D eigenvalue weighted by molar-refractivity contribution is 0.103. The minimum Gasteiger partial charge on any atom is -0.462 e. The van der Waals surface area contributed by atoms with E-state index in [0.717, 1.165) is 37.6 Å². The normalized spacial score (nSPS) is 10.9. The molecule has 92 valence electrons. The van der Waals surface area contributed by atoms with Crippen LogP contribution in [0.1, 0.15) is 43.8 Å². The Morgan fingerprint density at radius 2 is 2.19 bits per heavy atom. The molecule has 1 rings (SSSR count). The molecule has 0 aromatic carbocycles. The predicted octanol–water partition coefficient (Wildman–Crippen LogP) is 3.01. The van der Waals surface area contributed by atoms with Gasteiger partial charge in [0.1, 0.15) is 18.1 Å². The molecular formula is C13H23NO2. The smallest absolute Gasteiger partial charge is 0.130 e. The first-order valence-corrected chi connectivity index (χ1v) is 6.14. The standard InChI is InChI=1S/C13H23NO2/c1-4-6-7-15-10-12-8-11(3)13(16-12)9-14-5-2/h8,14H,4-7,9-10H2,1-3H3. The first-order valence-electron chi connectivity index (χ1n) is 6.14. The van der Waals surface area contributed by atoms with E-state index >= 15 is 0 Å². The summed E-state index contributed by atoms with van der Waals surface area (Å²) in [5.74, 6) is 1.96. The Hall–Kier alpha value is -0.800. The molecule has 0 spiro atoms. The summed E-state index contributed by atoms with van der Waals surface area (Å²) in [5, 5.41) is 3.26. The molecule has 3 heteroatoms. The molecule has 1 aromatic rings. The molecule has 0 radical (unpaired) electrons. The number of nitrogens with one attached hydrogen (secondary N) is 1. The Kier molecular flexibility index (Phi) is 6.19. The number of unbranched alkanes of at least 4 members (excludes halogenated alkanes) is 1. The summed E-state index contributed by atoms with van der Waals surface area (Å²) in [6, 6.07) is 2.07. The van der Waals surface area contributed by atoms with Crippen molar-refractivity contribution in [3.05, 3.63) is 23.2 Å². The van der Waals surface area contributed by atoms with Crippen molar-refractivity contribution in [2.24, 2.45) is 0 Å². The molecule has 0 amide bonds. The first-order chi connectivity index (χ1) is 7.77. The van der Waals surface area contributed by atoms with Crippen LogP contribution in [0.5, 0.6) is 0 Å². The van der Waals surface area contributed by atoms with Crippen molar-refractivity contribution in [1.29, 1.82) is 0 Å². The van der Waals surface area contributed by atoms with Crippen molar-refractivity contribution < 1.29 is 9.15 Å². The van der Waals surface area contributed by atoms with Gasteiger partial charge in [-0.1, -0.05) is 20.3 Å². The molecule has 0 atom stereocenters. The molecule has 0 fully saturated rings. The molecule has 1 aromatic heterocycles. The zero-order valence-electron chi connectivity index (χ0n) is 10.6. The number of hydrogen-bond donors (Lipinski definition) is 1. The average Bonchev–Trinajstić information content (AvgIpc) is 2.63. The number of ether oxygens (including phenoxy) is 1. The molecular weight excluding hydrogens is 202 g/mol. The fourth-order valence-electron chi connectivity index (χ4n) is 1.49.